The summed E-state index contributed by atoms with van der Waals surface area (Å²) in [5.74, 6) is 1.19. The SMILES string of the molecule is O=C(CSc1nnc(COc2ccc(Cl)cc2)o1)c1ccc(N2CCCC2=O)cc1. The van der Waals surface area contributed by atoms with Gasteiger partial charge >= 0.3 is 0 Å². The number of carbonyl (C=O) groups excluding carboxylic acids is 2. The van der Waals surface area contributed by atoms with Crippen molar-refractivity contribution in [3.8, 4) is 5.75 Å². The summed E-state index contributed by atoms with van der Waals surface area (Å²) in [5.41, 5.74) is 1.40. The topological polar surface area (TPSA) is 85.5 Å². The van der Waals surface area contributed by atoms with Crippen molar-refractivity contribution in [3.05, 3.63) is 65.0 Å². The third-order valence-corrected chi connectivity index (χ3v) is 5.60. The molecule has 30 heavy (non-hydrogen) atoms. The molecule has 0 unspecified atom stereocenters. The number of rotatable bonds is 8. The molecule has 7 nitrogen and oxygen atoms in total. The highest BCUT2D eigenvalue weighted by Crippen LogP contribution is 2.23. The maximum absolute atomic E-state index is 12.4. The quantitative estimate of drug-likeness (QED) is 0.376. The van der Waals surface area contributed by atoms with Gasteiger partial charge in [-0.05, 0) is 55.0 Å². The van der Waals surface area contributed by atoms with E-state index in [1.54, 1.807) is 53.4 Å². The minimum atomic E-state index is -0.0588. The van der Waals surface area contributed by atoms with Crippen LogP contribution in [0.2, 0.25) is 5.02 Å². The van der Waals surface area contributed by atoms with Crippen LogP contribution in [0.3, 0.4) is 0 Å². The van der Waals surface area contributed by atoms with Crippen LogP contribution in [0.15, 0.2) is 58.2 Å². The van der Waals surface area contributed by atoms with Crippen molar-refractivity contribution in [2.45, 2.75) is 24.7 Å². The van der Waals surface area contributed by atoms with Crippen molar-refractivity contribution in [1.29, 1.82) is 0 Å². The highest BCUT2D eigenvalue weighted by molar-refractivity contribution is 7.99. The summed E-state index contributed by atoms with van der Waals surface area (Å²) < 4.78 is 11.1. The Morgan fingerprint density at radius 2 is 1.90 bits per heavy atom. The summed E-state index contributed by atoms with van der Waals surface area (Å²) in [6.45, 7) is 0.850. The zero-order valence-electron chi connectivity index (χ0n) is 15.9. The molecular formula is C21H18ClN3O4S. The van der Waals surface area contributed by atoms with Crippen molar-refractivity contribution in [1.82, 2.24) is 10.2 Å². The third-order valence-electron chi connectivity index (χ3n) is 4.53. The van der Waals surface area contributed by atoms with Crippen LogP contribution in [-0.4, -0.2) is 34.2 Å². The molecule has 0 N–H and O–H groups in total. The van der Waals surface area contributed by atoms with Gasteiger partial charge in [-0.3, -0.25) is 9.59 Å². The van der Waals surface area contributed by atoms with Gasteiger partial charge in [0.25, 0.3) is 11.1 Å². The van der Waals surface area contributed by atoms with E-state index >= 15 is 0 Å². The molecule has 0 spiro atoms. The maximum Gasteiger partial charge on any atom is 0.277 e. The molecule has 1 amide bonds. The Balaban J connectivity index is 1.27. The molecule has 0 radical (unpaired) electrons. The molecule has 1 aromatic heterocycles. The molecule has 2 heterocycles. The molecule has 154 valence electrons. The number of anilines is 1. The molecule has 1 aliphatic heterocycles. The number of hydrogen-bond acceptors (Lipinski definition) is 7. The summed E-state index contributed by atoms with van der Waals surface area (Å²) in [6, 6.07) is 14.0. The number of thioether (sulfide) groups is 1. The Hall–Kier alpha value is -2.84. The molecule has 1 saturated heterocycles. The molecule has 2 aromatic carbocycles. The van der Waals surface area contributed by atoms with E-state index in [0.717, 1.165) is 18.7 Å². The number of halogens is 1. The van der Waals surface area contributed by atoms with Gasteiger partial charge in [0.1, 0.15) is 5.75 Å². The molecule has 4 rings (SSSR count). The van der Waals surface area contributed by atoms with Gasteiger partial charge in [-0.25, -0.2) is 0 Å². The number of carbonyl (C=O) groups is 2. The molecule has 9 heteroatoms. The molecule has 1 fully saturated rings. The predicted octanol–water partition coefficient (Wildman–Crippen LogP) is 4.40. The van der Waals surface area contributed by atoms with Gasteiger partial charge in [-0.15, -0.1) is 10.2 Å². The fourth-order valence-electron chi connectivity index (χ4n) is 2.99. The lowest BCUT2D eigenvalue weighted by Gasteiger charge is -2.15. The fourth-order valence-corrected chi connectivity index (χ4v) is 3.79. The highest BCUT2D eigenvalue weighted by Gasteiger charge is 2.21. The standard InChI is InChI=1S/C21H18ClN3O4S/c22-15-5-9-17(10-6-15)28-12-19-23-24-21(29-19)30-13-18(26)14-3-7-16(8-4-14)25-11-1-2-20(25)27/h3-10H,1-2,11-13H2. The molecule has 1 aliphatic rings. The Morgan fingerprint density at radius 3 is 2.60 bits per heavy atom. The molecule has 0 bridgehead atoms. The highest BCUT2D eigenvalue weighted by atomic mass is 35.5. The first-order chi connectivity index (χ1) is 14.6. The van der Waals surface area contributed by atoms with Gasteiger partial charge in [0.15, 0.2) is 12.4 Å². The van der Waals surface area contributed by atoms with Gasteiger partial charge in [-0.2, -0.15) is 0 Å². The van der Waals surface area contributed by atoms with Crippen LogP contribution in [0.25, 0.3) is 0 Å². The van der Waals surface area contributed by atoms with Crippen LogP contribution in [-0.2, 0) is 11.4 Å². The Bertz CT molecular complexity index is 1040. The van der Waals surface area contributed by atoms with Crippen LogP contribution in [0, 0.1) is 0 Å². The summed E-state index contributed by atoms with van der Waals surface area (Å²) in [5, 5.41) is 8.79. The first-order valence-electron chi connectivity index (χ1n) is 9.36. The average Bonchev–Trinajstić information content (AvgIpc) is 3.40. The van der Waals surface area contributed by atoms with Gasteiger partial charge < -0.3 is 14.1 Å². The minimum Gasteiger partial charge on any atom is -0.484 e. The number of ether oxygens (including phenoxy) is 1. The zero-order chi connectivity index (χ0) is 20.9. The van der Waals surface area contributed by atoms with Gasteiger partial charge in [0.05, 0.1) is 5.75 Å². The van der Waals surface area contributed by atoms with Crippen molar-refractivity contribution in [2.75, 3.05) is 17.2 Å². The lowest BCUT2D eigenvalue weighted by atomic mass is 10.1. The van der Waals surface area contributed by atoms with Gasteiger partial charge in [-0.1, -0.05) is 23.4 Å². The lowest BCUT2D eigenvalue weighted by molar-refractivity contribution is -0.117. The molecule has 0 atom stereocenters. The number of amides is 1. The normalized spacial score (nSPS) is 13.6. The van der Waals surface area contributed by atoms with Crippen LogP contribution in [0.1, 0.15) is 29.1 Å². The molecule has 3 aromatic rings. The lowest BCUT2D eigenvalue weighted by Crippen LogP contribution is -2.23. The predicted molar refractivity (Wildman–Crippen MR) is 113 cm³/mol. The van der Waals surface area contributed by atoms with Crippen molar-refractivity contribution in [3.63, 3.8) is 0 Å². The van der Waals surface area contributed by atoms with Crippen LogP contribution in [0.4, 0.5) is 5.69 Å². The fraction of sp³-hybridized carbons (Fsp3) is 0.238. The Kier molecular flexibility index (Phi) is 6.35. The number of benzene rings is 2. The summed E-state index contributed by atoms with van der Waals surface area (Å²) in [4.78, 5) is 26.0. The number of aromatic nitrogens is 2. The van der Waals surface area contributed by atoms with E-state index in [4.69, 9.17) is 20.8 Å². The molecular weight excluding hydrogens is 426 g/mol. The third kappa shape index (κ3) is 5.01. The van der Waals surface area contributed by atoms with Crippen LogP contribution >= 0.6 is 23.4 Å². The minimum absolute atomic E-state index is 0.0588. The second-order valence-electron chi connectivity index (χ2n) is 6.61. The number of hydrogen-bond donors (Lipinski definition) is 0. The maximum atomic E-state index is 12.4. The number of ketones is 1. The first-order valence-corrected chi connectivity index (χ1v) is 10.7. The summed E-state index contributed by atoms with van der Waals surface area (Å²) in [6.07, 6.45) is 1.45. The van der Waals surface area contributed by atoms with E-state index in [0.29, 0.717) is 33.9 Å². The molecule has 0 aliphatic carbocycles. The second-order valence-corrected chi connectivity index (χ2v) is 7.97. The zero-order valence-corrected chi connectivity index (χ0v) is 17.5. The van der Waals surface area contributed by atoms with E-state index in [1.165, 1.54) is 11.8 Å². The van der Waals surface area contributed by atoms with E-state index in [9.17, 15) is 9.59 Å². The molecule has 0 saturated carbocycles. The Labute approximate surface area is 182 Å². The largest absolute Gasteiger partial charge is 0.484 e. The van der Waals surface area contributed by atoms with E-state index in [2.05, 4.69) is 10.2 Å². The van der Waals surface area contributed by atoms with Crippen molar-refractivity contribution in [2.24, 2.45) is 0 Å². The second kappa shape index (κ2) is 9.32. The number of nitrogens with zero attached hydrogens (tertiary/aromatic N) is 3. The van der Waals surface area contributed by atoms with Gasteiger partial charge in [0.2, 0.25) is 5.91 Å². The first kappa shape index (κ1) is 20.4. The van der Waals surface area contributed by atoms with E-state index in [-0.39, 0.29) is 24.1 Å². The van der Waals surface area contributed by atoms with Gasteiger partial charge in [0, 0.05) is 29.2 Å². The summed E-state index contributed by atoms with van der Waals surface area (Å²) in [7, 11) is 0. The van der Waals surface area contributed by atoms with Crippen LogP contribution < -0.4 is 9.64 Å². The average molecular weight is 444 g/mol. The number of Topliss-reactive ketones (excluding diaryl/α,β-unsaturated/α-hetero) is 1. The monoisotopic (exact) mass is 443 g/mol. The smallest absolute Gasteiger partial charge is 0.277 e. The van der Waals surface area contributed by atoms with E-state index in [1.807, 2.05) is 0 Å². The summed E-state index contributed by atoms with van der Waals surface area (Å²) >= 11 is 7.01. The van der Waals surface area contributed by atoms with Crippen molar-refractivity contribution < 1.29 is 18.7 Å². The van der Waals surface area contributed by atoms with Crippen molar-refractivity contribution >= 4 is 40.7 Å². The Morgan fingerprint density at radius 1 is 1.13 bits per heavy atom. The van der Waals surface area contributed by atoms with E-state index < -0.39 is 0 Å². The van der Waals surface area contributed by atoms with Crippen LogP contribution in [0.5, 0.6) is 5.75 Å².